The Bertz CT molecular complexity index is 331. The van der Waals surface area contributed by atoms with E-state index in [4.69, 9.17) is 0 Å². The Morgan fingerprint density at radius 2 is 2.12 bits per heavy atom. The lowest BCUT2D eigenvalue weighted by Gasteiger charge is -2.14. The van der Waals surface area contributed by atoms with Crippen molar-refractivity contribution in [3.05, 3.63) is 35.4 Å². The average Bonchev–Trinajstić information content (AvgIpc) is 2.27. The lowest BCUT2D eigenvalue weighted by molar-refractivity contribution is 0.519. The van der Waals surface area contributed by atoms with Crippen LogP contribution in [-0.4, -0.2) is 18.6 Å². The molecule has 1 unspecified atom stereocenters. The smallest absolute Gasteiger partial charge is 0.128 e. The van der Waals surface area contributed by atoms with Crippen LogP contribution in [0.1, 0.15) is 24.9 Å². The maximum absolute atomic E-state index is 13.4. The standard InChI is InChI=1S/C12H17F2NS/c1-9(15-6-3-7-16-2)11-8-10(13)4-5-12(11)14/h4-5,8-9,15H,3,6-7H2,1-2H3. The van der Waals surface area contributed by atoms with Crippen molar-refractivity contribution in [2.45, 2.75) is 19.4 Å². The van der Waals surface area contributed by atoms with Gasteiger partial charge >= 0.3 is 0 Å². The van der Waals surface area contributed by atoms with Gasteiger partial charge < -0.3 is 5.32 Å². The Labute approximate surface area is 99.6 Å². The number of hydrogen-bond acceptors (Lipinski definition) is 2. The number of halogens is 2. The van der Waals surface area contributed by atoms with Crippen LogP contribution in [0.4, 0.5) is 8.78 Å². The summed E-state index contributed by atoms with van der Waals surface area (Å²) in [6.07, 6.45) is 3.08. The summed E-state index contributed by atoms with van der Waals surface area (Å²) in [4.78, 5) is 0. The fourth-order valence-corrected chi connectivity index (χ4v) is 1.92. The second-order valence-electron chi connectivity index (χ2n) is 3.69. The van der Waals surface area contributed by atoms with E-state index in [1.165, 1.54) is 12.1 Å². The lowest BCUT2D eigenvalue weighted by Crippen LogP contribution is -2.21. The molecule has 1 rings (SSSR count). The number of rotatable bonds is 6. The number of nitrogens with one attached hydrogen (secondary N) is 1. The highest BCUT2D eigenvalue weighted by molar-refractivity contribution is 7.98. The van der Waals surface area contributed by atoms with Gasteiger partial charge in [-0.2, -0.15) is 11.8 Å². The molecule has 0 bridgehead atoms. The molecule has 4 heteroatoms. The third-order valence-corrected chi connectivity index (χ3v) is 3.10. The summed E-state index contributed by atoms with van der Waals surface area (Å²) in [5.41, 5.74) is 0.393. The quantitative estimate of drug-likeness (QED) is 0.771. The Morgan fingerprint density at radius 3 is 2.81 bits per heavy atom. The first-order valence-corrected chi connectivity index (χ1v) is 6.72. The summed E-state index contributed by atoms with van der Waals surface area (Å²) in [5, 5.41) is 3.18. The van der Waals surface area contributed by atoms with E-state index in [0.717, 1.165) is 24.8 Å². The highest BCUT2D eigenvalue weighted by Gasteiger charge is 2.10. The van der Waals surface area contributed by atoms with Gasteiger partial charge in [0.25, 0.3) is 0 Å². The van der Waals surface area contributed by atoms with Crippen molar-refractivity contribution in [2.24, 2.45) is 0 Å². The van der Waals surface area contributed by atoms with E-state index in [0.29, 0.717) is 5.56 Å². The molecule has 0 fully saturated rings. The fourth-order valence-electron chi connectivity index (χ4n) is 1.49. The molecule has 0 aliphatic rings. The molecule has 0 radical (unpaired) electrons. The zero-order chi connectivity index (χ0) is 12.0. The van der Waals surface area contributed by atoms with E-state index in [1.807, 2.05) is 6.92 Å². The van der Waals surface area contributed by atoms with Gasteiger partial charge in [0.2, 0.25) is 0 Å². The molecule has 16 heavy (non-hydrogen) atoms. The predicted molar refractivity (Wildman–Crippen MR) is 65.8 cm³/mol. The summed E-state index contributed by atoms with van der Waals surface area (Å²) >= 11 is 1.78. The summed E-state index contributed by atoms with van der Waals surface area (Å²) < 4.78 is 26.3. The first kappa shape index (κ1) is 13.5. The van der Waals surface area contributed by atoms with Crippen molar-refractivity contribution in [2.75, 3.05) is 18.6 Å². The normalized spacial score (nSPS) is 12.8. The largest absolute Gasteiger partial charge is 0.310 e. The summed E-state index contributed by atoms with van der Waals surface area (Å²) in [5.74, 6) is 0.325. The monoisotopic (exact) mass is 245 g/mol. The van der Waals surface area contributed by atoms with Gasteiger partial charge in [-0.1, -0.05) is 0 Å². The van der Waals surface area contributed by atoms with Crippen molar-refractivity contribution in [1.82, 2.24) is 5.32 Å². The highest BCUT2D eigenvalue weighted by Crippen LogP contribution is 2.17. The Morgan fingerprint density at radius 1 is 1.38 bits per heavy atom. The Kier molecular flexibility index (Phi) is 5.77. The van der Waals surface area contributed by atoms with E-state index in [9.17, 15) is 8.78 Å². The predicted octanol–water partition coefficient (Wildman–Crippen LogP) is 3.37. The van der Waals surface area contributed by atoms with Crippen LogP contribution in [0.2, 0.25) is 0 Å². The third-order valence-electron chi connectivity index (χ3n) is 2.40. The van der Waals surface area contributed by atoms with Crippen molar-refractivity contribution in [3.8, 4) is 0 Å². The van der Waals surface area contributed by atoms with Crippen LogP contribution in [0, 0.1) is 11.6 Å². The molecule has 0 saturated heterocycles. The van der Waals surface area contributed by atoms with E-state index in [-0.39, 0.29) is 11.9 Å². The molecule has 1 atom stereocenters. The van der Waals surface area contributed by atoms with Gasteiger partial charge in [0.15, 0.2) is 0 Å². The minimum absolute atomic E-state index is 0.155. The van der Waals surface area contributed by atoms with Gasteiger partial charge in [-0.3, -0.25) is 0 Å². The van der Waals surface area contributed by atoms with Gasteiger partial charge in [-0.15, -0.1) is 0 Å². The van der Waals surface area contributed by atoms with Crippen LogP contribution in [0.5, 0.6) is 0 Å². The molecular weight excluding hydrogens is 228 g/mol. The molecule has 0 heterocycles. The molecule has 0 amide bonds. The SMILES string of the molecule is CSCCCNC(C)c1cc(F)ccc1F. The van der Waals surface area contributed by atoms with Gasteiger partial charge in [0, 0.05) is 11.6 Å². The molecular formula is C12H17F2NS. The molecule has 1 aromatic rings. The molecule has 1 aromatic carbocycles. The van der Waals surface area contributed by atoms with E-state index >= 15 is 0 Å². The van der Waals surface area contributed by atoms with E-state index in [2.05, 4.69) is 11.6 Å². The third kappa shape index (κ3) is 4.10. The molecule has 0 spiro atoms. The number of thioether (sulfide) groups is 1. The molecule has 0 aromatic heterocycles. The summed E-state index contributed by atoms with van der Waals surface area (Å²) in [7, 11) is 0. The lowest BCUT2D eigenvalue weighted by atomic mass is 10.1. The maximum Gasteiger partial charge on any atom is 0.128 e. The van der Waals surface area contributed by atoms with Crippen LogP contribution in [0.25, 0.3) is 0 Å². The van der Waals surface area contributed by atoms with Crippen LogP contribution < -0.4 is 5.32 Å². The molecule has 1 N–H and O–H groups in total. The van der Waals surface area contributed by atoms with Gasteiger partial charge in [0.1, 0.15) is 11.6 Å². The molecule has 0 aliphatic heterocycles. The molecule has 90 valence electrons. The zero-order valence-corrected chi connectivity index (χ0v) is 10.4. The van der Waals surface area contributed by atoms with Crippen LogP contribution >= 0.6 is 11.8 Å². The summed E-state index contributed by atoms with van der Waals surface area (Å²) in [6, 6.07) is 3.41. The Hall–Kier alpha value is -0.610. The minimum Gasteiger partial charge on any atom is -0.310 e. The van der Waals surface area contributed by atoms with Crippen LogP contribution in [0.15, 0.2) is 18.2 Å². The zero-order valence-electron chi connectivity index (χ0n) is 9.59. The second kappa shape index (κ2) is 6.86. The first-order chi connectivity index (χ1) is 7.65. The topological polar surface area (TPSA) is 12.0 Å². The highest BCUT2D eigenvalue weighted by atomic mass is 32.2. The van der Waals surface area contributed by atoms with Crippen molar-refractivity contribution < 1.29 is 8.78 Å². The maximum atomic E-state index is 13.4. The number of benzene rings is 1. The van der Waals surface area contributed by atoms with E-state index < -0.39 is 5.82 Å². The van der Waals surface area contributed by atoms with Crippen molar-refractivity contribution in [3.63, 3.8) is 0 Å². The van der Waals surface area contributed by atoms with Gasteiger partial charge in [-0.05, 0) is 50.1 Å². The summed E-state index contributed by atoms with van der Waals surface area (Å²) in [6.45, 7) is 2.66. The van der Waals surface area contributed by atoms with Crippen LogP contribution in [-0.2, 0) is 0 Å². The molecule has 1 nitrogen and oxygen atoms in total. The van der Waals surface area contributed by atoms with Crippen molar-refractivity contribution in [1.29, 1.82) is 0 Å². The Balaban J connectivity index is 2.51. The van der Waals surface area contributed by atoms with Gasteiger partial charge in [-0.25, -0.2) is 8.78 Å². The van der Waals surface area contributed by atoms with Crippen LogP contribution in [0.3, 0.4) is 0 Å². The van der Waals surface area contributed by atoms with Gasteiger partial charge in [0.05, 0.1) is 0 Å². The molecule has 0 saturated carbocycles. The van der Waals surface area contributed by atoms with Crippen molar-refractivity contribution >= 4 is 11.8 Å². The average molecular weight is 245 g/mol. The first-order valence-electron chi connectivity index (χ1n) is 5.32. The molecule has 0 aliphatic carbocycles. The number of hydrogen-bond donors (Lipinski definition) is 1. The van der Waals surface area contributed by atoms with E-state index in [1.54, 1.807) is 11.8 Å². The second-order valence-corrected chi connectivity index (χ2v) is 4.67. The minimum atomic E-state index is -0.394. The fraction of sp³-hybridized carbons (Fsp3) is 0.500.